The molecule has 0 amide bonds. The first kappa shape index (κ1) is 8.48. The number of aliphatic hydroxyl groups is 1. The van der Waals surface area contributed by atoms with E-state index in [1.807, 2.05) is 0 Å². The highest BCUT2D eigenvalue weighted by atomic mass is 16.3. The van der Waals surface area contributed by atoms with E-state index < -0.39 is 0 Å². The maximum Gasteiger partial charge on any atom is 0.0558 e. The summed E-state index contributed by atoms with van der Waals surface area (Å²) in [5.74, 6) is 0. The van der Waals surface area contributed by atoms with Gasteiger partial charge >= 0.3 is 0 Å². The second kappa shape index (κ2) is 2.98. The van der Waals surface area contributed by atoms with E-state index in [-0.39, 0.29) is 0 Å². The summed E-state index contributed by atoms with van der Waals surface area (Å²) in [6, 6.07) is 0. The molecule has 2 aliphatic heterocycles. The van der Waals surface area contributed by atoms with Gasteiger partial charge in [0.05, 0.1) is 6.61 Å². The van der Waals surface area contributed by atoms with E-state index in [0.29, 0.717) is 12.0 Å². The Balaban J connectivity index is 1.79. The molecular formula is C9H18N2O. The van der Waals surface area contributed by atoms with Crippen LogP contribution in [0.2, 0.25) is 0 Å². The van der Waals surface area contributed by atoms with Gasteiger partial charge in [-0.1, -0.05) is 0 Å². The molecule has 3 heteroatoms. The Bertz CT molecular complexity index is 166. The minimum Gasteiger partial charge on any atom is -0.395 e. The third kappa shape index (κ3) is 1.37. The maximum absolute atomic E-state index is 8.73. The molecule has 2 rings (SSSR count). The van der Waals surface area contributed by atoms with Crippen molar-refractivity contribution in [1.82, 2.24) is 9.80 Å². The third-order valence-electron chi connectivity index (χ3n) is 3.16. The number of nitrogens with zero attached hydrogens (tertiary/aromatic N) is 2. The lowest BCUT2D eigenvalue weighted by Gasteiger charge is -2.48. The van der Waals surface area contributed by atoms with Crippen molar-refractivity contribution in [3.05, 3.63) is 0 Å². The van der Waals surface area contributed by atoms with Crippen LogP contribution in [0.5, 0.6) is 0 Å². The van der Waals surface area contributed by atoms with Crippen LogP contribution in [0.15, 0.2) is 0 Å². The smallest absolute Gasteiger partial charge is 0.0558 e. The van der Waals surface area contributed by atoms with Crippen molar-refractivity contribution in [3.8, 4) is 0 Å². The number of aliphatic hydroxyl groups excluding tert-OH is 1. The second-order valence-corrected chi connectivity index (χ2v) is 4.42. The van der Waals surface area contributed by atoms with Crippen molar-refractivity contribution >= 4 is 0 Å². The largest absolute Gasteiger partial charge is 0.395 e. The number of β-amino-alcohol motifs (C(OH)–C–C–N with tert-alkyl or cyclic N) is 1. The van der Waals surface area contributed by atoms with E-state index in [2.05, 4.69) is 16.8 Å². The van der Waals surface area contributed by atoms with Gasteiger partial charge in [-0.15, -0.1) is 0 Å². The molecule has 0 aromatic rings. The van der Waals surface area contributed by atoms with Crippen LogP contribution in [0.1, 0.15) is 6.42 Å². The highest BCUT2D eigenvalue weighted by Gasteiger charge is 2.45. The summed E-state index contributed by atoms with van der Waals surface area (Å²) in [7, 11) is 2.20. The summed E-state index contributed by atoms with van der Waals surface area (Å²) in [6.45, 7) is 6.11. The van der Waals surface area contributed by atoms with E-state index in [1.54, 1.807) is 0 Å². The van der Waals surface area contributed by atoms with Crippen LogP contribution in [-0.4, -0.2) is 61.3 Å². The van der Waals surface area contributed by atoms with E-state index >= 15 is 0 Å². The van der Waals surface area contributed by atoms with Crippen molar-refractivity contribution in [2.75, 3.05) is 46.4 Å². The van der Waals surface area contributed by atoms with Gasteiger partial charge < -0.3 is 10.0 Å². The Morgan fingerprint density at radius 3 is 2.58 bits per heavy atom. The highest BCUT2D eigenvalue weighted by Crippen LogP contribution is 2.38. The Labute approximate surface area is 74.0 Å². The predicted molar refractivity (Wildman–Crippen MR) is 48.1 cm³/mol. The minimum absolute atomic E-state index is 0.311. The first-order chi connectivity index (χ1) is 5.74. The summed E-state index contributed by atoms with van der Waals surface area (Å²) in [5, 5.41) is 8.73. The fourth-order valence-corrected chi connectivity index (χ4v) is 2.62. The van der Waals surface area contributed by atoms with Gasteiger partial charge in [-0.3, -0.25) is 4.90 Å². The summed E-state index contributed by atoms with van der Waals surface area (Å²) in [6.07, 6.45) is 1.35. The molecule has 2 saturated heterocycles. The fourth-order valence-electron chi connectivity index (χ4n) is 2.62. The molecule has 0 aromatic heterocycles. The summed E-state index contributed by atoms with van der Waals surface area (Å²) in [5.41, 5.74) is 0.601. The maximum atomic E-state index is 8.73. The zero-order valence-electron chi connectivity index (χ0n) is 7.79. The molecule has 0 atom stereocenters. The van der Waals surface area contributed by atoms with Gasteiger partial charge in [0.1, 0.15) is 0 Å². The van der Waals surface area contributed by atoms with Crippen LogP contribution in [0.3, 0.4) is 0 Å². The first-order valence-corrected chi connectivity index (χ1v) is 4.76. The number of likely N-dealkylation sites (tertiary alicyclic amines) is 2. The molecule has 2 fully saturated rings. The molecule has 70 valence electrons. The Hall–Kier alpha value is -0.120. The van der Waals surface area contributed by atoms with Gasteiger partial charge in [0.2, 0.25) is 0 Å². The molecule has 1 spiro atoms. The fraction of sp³-hybridized carbons (Fsp3) is 1.00. The topological polar surface area (TPSA) is 26.7 Å². The van der Waals surface area contributed by atoms with Gasteiger partial charge in [0.15, 0.2) is 0 Å². The van der Waals surface area contributed by atoms with Crippen molar-refractivity contribution < 1.29 is 5.11 Å². The number of rotatable bonds is 2. The zero-order chi connectivity index (χ0) is 8.60. The number of hydrogen-bond acceptors (Lipinski definition) is 3. The average molecular weight is 170 g/mol. The van der Waals surface area contributed by atoms with E-state index in [0.717, 1.165) is 6.54 Å². The van der Waals surface area contributed by atoms with Gasteiger partial charge in [0.25, 0.3) is 0 Å². The van der Waals surface area contributed by atoms with Crippen molar-refractivity contribution in [3.63, 3.8) is 0 Å². The van der Waals surface area contributed by atoms with Gasteiger partial charge in [-0.25, -0.2) is 0 Å². The molecule has 0 radical (unpaired) electrons. The summed E-state index contributed by atoms with van der Waals surface area (Å²) in [4.78, 5) is 4.76. The second-order valence-electron chi connectivity index (χ2n) is 4.42. The van der Waals surface area contributed by atoms with E-state index in [9.17, 15) is 0 Å². The van der Waals surface area contributed by atoms with Crippen molar-refractivity contribution in [2.45, 2.75) is 6.42 Å². The van der Waals surface area contributed by atoms with Crippen LogP contribution in [0.25, 0.3) is 0 Å². The van der Waals surface area contributed by atoms with Crippen LogP contribution >= 0.6 is 0 Å². The van der Waals surface area contributed by atoms with Gasteiger partial charge in [-0.2, -0.15) is 0 Å². The molecule has 0 saturated carbocycles. The molecule has 0 unspecified atom stereocenters. The zero-order valence-corrected chi connectivity index (χ0v) is 7.79. The highest BCUT2D eigenvalue weighted by molar-refractivity contribution is 5.00. The van der Waals surface area contributed by atoms with Gasteiger partial charge in [-0.05, 0) is 20.0 Å². The lowest BCUT2D eigenvalue weighted by atomic mass is 9.79. The van der Waals surface area contributed by atoms with Crippen molar-refractivity contribution in [1.29, 1.82) is 0 Å². The lowest BCUT2D eigenvalue weighted by molar-refractivity contribution is -0.0000887. The minimum atomic E-state index is 0.311. The quantitative estimate of drug-likeness (QED) is 0.612. The molecule has 0 bridgehead atoms. The average Bonchev–Trinajstić information content (AvgIpc) is 2.31. The Morgan fingerprint density at radius 1 is 1.33 bits per heavy atom. The van der Waals surface area contributed by atoms with Crippen LogP contribution in [0, 0.1) is 5.41 Å². The normalized spacial score (nSPS) is 29.5. The van der Waals surface area contributed by atoms with E-state index in [4.69, 9.17) is 5.11 Å². The Morgan fingerprint density at radius 2 is 2.08 bits per heavy atom. The van der Waals surface area contributed by atoms with Crippen LogP contribution in [-0.2, 0) is 0 Å². The first-order valence-electron chi connectivity index (χ1n) is 4.76. The molecule has 2 aliphatic rings. The molecule has 2 heterocycles. The van der Waals surface area contributed by atoms with Crippen LogP contribution in [0.4, 0.5) is 0 Å². The monoisotopic (exact) mass is 170 g/mol. The van der Waals surface area contributed by atoms with Crippen molar-refractivity contribution in [2.24, 2.45) is 5.41 Å². The molecular weight excluding hydrogens is 152 g/mol. The predicted octanol–water partition coefficient (Wildman–Crippen LogP) is -0.384. The number of hydrogen-bond donors (Lipinski definition) is 1. The summed E-state index contributed by atoms with van der Waals surface area (Å²) >= 11 is 0. The van der Waals surface area contributed by atoms with E-state index in [1.165, 1.54) is 32.6 Å². The van der Waals surface area contributed by atoms with Gasteiger partial charge in [0, 0.05) is 31.6 Å². The lowest BCUT2D eigenvalue weighted by Crippen LogP contribution is -2.57. The molecule has 0 aliphatic carbocycles. The van der Waals surface area contributed by atoms with Crippen LogP contribution < -0.4 is 0 Å². The third-order valence-corrected chi connectivity index (χ3v) is 3.16. The summed E-state index contributed by atoms with van der Waals surface area (Å²) < 4.78 is 0. The molecule has 0 aromatic carbocycles. The standard InChI is InChI=1S/C9H18N2O/c1-10-3-2-9(6-10)7-11(8-9)4-5-12/h12H,2-8H2,1H3. The SMILES string of the molecule is CN1CCC2(C1)CN(CCO)C2. The molecule has 12 heavy (non-hydrogen) atoms. The molecule has 1 N–H and O–H groups in total. The molecule has 3 nitrogen and oxygen atoms in total. The Kier molecular flexibility index (Phi) is 2.10.